The Bertz CT molecular complexity index is 642. The molecule has 0 aliphatic carbocycles. The van der Waals surface area contributed by atoms with Gasteiger partial charge in [-0.05, 0) is 42.8 Å². The predicted molar refractivity (Wildman–Crippen MR) is 77.5 cm³/mol. The van der Waals surface area contributed by atoms with E-state index in [0.717, 1.165) is 0 Å². The minimum atomic E-state index is -1.20. The molecule has 0 aliphatic heterocycles. The number of rotatable bonds is 4. The lowest BCUT2D eigenvalue weighted by molar-refractivity contribution is -0.145. The largest absolute Gasteiger partial charge is 0.508 e. The molecule has 2 N–H and O–H groups in total. The molecular formula is C16H16FNO3. The van der Waals surface area contributed by atoms with Gasteiger partial charge in [-0.2, -0.15) is 0 Å². The average molecular weight is 289 g/mol. The Morgan fingerprint density at radius 2 is 1.90 bits per heavy atom. The number of methoxy groups -OCH3 is 1. The van der Waals surface area contributed by atoms with E-state index in [9.17, 15) is 14.3 Å². The number of nitrogens with one attached hydrogen (secondary N) is 1. The number of ether oxygens (including phenoxy) is 1. The summed E-state index contributed by atoms with van der Waals surface area (Å²) < 4.78 is 18.1. The first kappa shape index (κ1) is 14.8. The average Bonchev–Trinajstić information content (AvgIpc) is 2.46. The fourth-order valence-corrected chi connectivity index (χ4v) is 2.09. The van der Waals surface area contributed by atoms with E-state index in [1.54, 1.807) is 31.2 Å². The lowest BCUT2D eigenvalue weighted by Gasteiger charge is -2.29. The zero-order valence-electron chi connectivity index (χ0n) is 11.8. The zero-order chi connectivity index (χ0) is 15.5. The van der Waals surface area contributed by atoms with Crippen molar-refractivity contribution in [1.82, 2.24) is 0 Å². The van der Waals surface area contributed by atoms with Gasteiger partial charge in [0.1, 0.15) is 11.6 Å². The Balaban J connectivity index is 2.42. The van der Waals surface area contributed by atoms with Crippen molar-refractivity contribution in [1.29, 1.82) is 0 Å². The number of benzene rings is 2. The second kappa shape index (κ2) is 5.83. The minimum Gasteiger partial charge on any atom is -0.508 e. The van der Waals surface area contributed by atoms with Crippen LogP contribution in [0.4, 0.5) is 10.1 Å². The van der Waals surface area contributed by atoms with E-state index in [1.165, 1.54) is 31.4 Å². The molecule has 5 heteroatoms. The fraction of sp³-hybridized carbons (Fsp3) is 0.188. The third-order valence-corrected chi connectivity index (χ3v) is 3.26. The normalized spacial score (nSPS) is 13.3. The Kier molecular flexibility index (Phi) is 4.12. The molecule has 21 heavy (non-hydrogen) atoms. The molecule has 0 spiro atoms. The molecule has 1 unspecified atom stereocenters. The van der Waals surface area contributed by atoms with Crippen molar-refractivity contribution in [3.8, 4) is 5.75 Å². The van der Waals surface area contributed by atoms with Crippen LogP contribution in [0.15, 0.2) is 48.5 Å². The second-order valence-electron chi connectivity index (χ2n) is 4.80. The SMILES string of the molecule is COC(=O)C(C)(Nc1cccc(F)c1)c1ccc(O)cc1. The summed E-state index contributed by atoms with van der Waals surface area (Å²) in [4.78, 5) is 12.2. The van der Waals surface area contributed by atoms with Gasteiger partial charge in [0.15, 0.2) is 5.54 Å². The molecule has 0 bridgehead atoms. The number of carbonyl (C=O) groups is 1. The van der Waals surface area contributed by atoms with Gasteiger partial charge >= 0.3 is 5.97 Å². The second-order valence-corrected chi connectivity index (χ2v) is 4.80. The van der Waals surface area contributed by atoms with Gasteiger partial charge in [-0.1, -0.05) is 18.2 Å². The third kappa shape index (κ3) is 3.13. The summed E-state index contributed by atoms with van der Waals surface area (Å²) >= 11 is 0. The summed E-state index contributed by atoms with van der Waals surface area (Å²) in [5.41, 5.74) is -0.150. The highest BCUT2D eigenvalue weighted by Gasteiger charge is 2.36. The van der Waals surface area contributed by atoms with Gasteiger partial charge in [-0.25, -0.2) is 9.18 Å². The topological polar surface area (TPSA) is 58.6 Å². The number of hydrogen-bond acceptors (Lipinski definition) is 4. The Morgan fingerprint density at radius 1 is 1.24 bits per heavy atom. The maximum atomic E-state index is 13.3. The molecule has 0 radical (unpaired) electrons. The molecule has 1 atom stereocenters. The predicted octanol–water partition coefficient (Wildman–Crippen LogP) is 3.03. The summed E-state index contributed by atoms with van der Waals surface area (Å²) in [6.07, 6.45) is 0. The molecule has 4 nitrogen and oxygen atoms in total. The third-order valence-electron chi connectivity index (χ3n) is 3.26. The molecule has 2 rings (SSSR count). The molecule has 110 valence electrons. The van der Waals surface area contributed by atoms with Crippen LogP contribution in [0.5, 0.6) is 5.75 Å². The number of phenols is 1. The molecule has 0 saturated carbocycles. The molecule has 0 aromatic heterocycles. The number of phenolic OH excluding ortho intramolecular Hbond substituents is 1. The van der Waals surface area contributed by atoms with Gasteiger partial charge in [0.25, 0.3) is 0 Å². The highest BCUT2D eigenvalue weighted by molar-refractivity contribution is 5.85. The molecule has 2 aromatic rings. The first-order valence-electron chi connectivity index (χ1n) is 6.37. The van der Waals surface area contributed by atoms with Crippen LogP contribution in [0.3, 0.4) is 0 Å². The van der Waals surface area contributed by atoms with E-state index < -0.39 is 17.3 Å². The zero-order valence-corrected chi connectivity index (χ0v) is 11.8. The number of halogens is 1. The molecular weight excluding hydrogens is 273 g/mol. The van der Waals surface area contributed by atoms with Crippen LogP contribution in [0.2, 0.25) is 0 Å². The van der Waals surface area contributed by atoms with Crippen LogP contribution in [0.25, 0.3) is 0 Å². The first-order chi connectivity index (χ1) is 9.95. The smallest absolute Gasteiger partial charge is 0.335 e. The van der Waals surface area contributed by atoms with E-state index in [0.29, 0.717) is 11.3 Å². The minimum absolute atomic E-state index is 0.0942. The molecule has 0 aliphatic rings. The maximum absolute atomic E-state index is 13.3. The van der Waals surface area contributed by atoms with Gasteiger partial charge in [-0.15, -0.1) is 0 Å². The molecule has 0 heterocycles. The summed E-state index contributed by atoms with van der Waals surface area (Å²) in [5, 5.41) is 12.3. The maximum Gasteiger partial charge on any atom is 0.335 e. The van der Waals surface area contributed by atoms with Crippen LogP contribution in [0, 0.1) is 5.82 Å². The standard InChI is InChI=1S/C16H16FNO3/c1-16(15(20)21-2,11-6-8-14(19)9-7-11)18-13-5-3-4-12(17)10-13/h3-10,18-19H,1-2H3. The molecule has 0 fully saturated rings. The van der Waals surface area contributed by atoms with Gasteiger partial charge in [0, 0.05) is 5.69 Å². The summed E-state index contributed by atoms with van der Waals surface area (Å²) in [6.45, 7) is 1.64. The van der Waals surface area contributed by atoms with Crippen molar-refractivity contribution in [2.24, 2.45) is 0 Å². The number of carbonyl (C=O) groups excluding carboxylic acids is 1. The van der Waals surface area contributed by atoms with Gasteiger partial charge in [0.2, 0.25) is 0 Å². The lowest BCUT2D eigenvalue weighted by atomic mass is 9.91. The number of hydrogen-bond donors (Lipinski definition) is 2. The monoisotopic (exact) mass is 289 g/mol. The van der Waals surface area contributed by atoms with Crippen LogP contribution < -0.4 is 5.32 Å². The molecule has 2 aromatic carbocycles. The highest BCUT2D eigenvalue weighted by atomic mass is 19.1. The van der Waals surface area contributed by atoms with Crippen molar-refractivity contribution in [3.05, 3.63) is 59.9 Å². The number of esters is 1. The van der Waals surface area contributed by atoms with Gasteiger partial charge in [-0.3, -0.25) is 0 Å². The van der Waals surface area contributed by atoms with Crippen molar-refractivity contribution in [2.75, 3.05) is 12.4 Å². The number of anilines is 1. The highest BCUT2D eigenvalue weighted by Crippen LogP contribution is 2.29. The van der Waals surface area contributed by atoms with Gasteiger partial charge < -0.3 is 15.2 Å². The molecule has 0 amide bonds. The van der Waals surface area contributed by atoms with E-state index >= 15 is 0 Å². The van der Waals surface area contributed by atoms with E-state index in [-0.39, 0.29) is 5.75 Å². The quantitative estimate of drug-likeness (QED) is 0.849. The van der Waals surface area contributed by atoms with E-state index in [2.05, 4.69) is 5.32 Å². The van der Waals surface area contributed by atoms with Crippen molar-refractivity contribution in [2.45, 2.75) is 12.5 Å². The first-order valence-corrected chi connectivity index (χ1v) is 6.37. The van der Waals surface area contributed by atoms with Crippen LogP contribution in [0.1, 0.15) is 12.5 Å². The summed E-state index contributed by atoms with van der Waals surface area (Å²) in [5.74, 6) is -0.827. The summed E-state index contributed by atoms with van der Waals surface area (Å²) in [7, 11) is 1.29. The van der Waals surface area contributed by atoms with Crippen LogP contribution >= 0.6 is 0 Å². The van der Waals surface area contributed by atoms with Gasteiger partial charge in [0.05, 0.1) is 7.11 Å². The van der Waals surface area contributed by atoms with Crippen LogP contribution in [-0.4, -0.2) is 18.2 Å². The fourth-order valence-electron chi connectivity index (χ4n) is 2.09. The number of aromatic hydroxyl groups is 1. The lowest BCUT2D eigenvalue weighted by Crippen LogP contribution is -2.41. The molecule has 0 saturated heterocycles. The Labute approximate surface area is 122 Å². The van der Waals surface area contributed by atoms with E-state index in [1.807, 2.05) is 0 Å². The van der Waals surface area contributed by atoms with Crippen molar-refractivity contribution >= 4 is 11.7 Å². The Hall–Kier alpha value is -2.56. The van der Waals surface area contributed by atoms with Crippen LogP contribution in [-0.2, 0) is 15.1 Å². The Morgan fingerprint density at radius 3 is 2.48 bits per heavy atom. The summed E-state index contributed by atoms with van der Waals surface area (Å²) in [6, 6.07) is 12.0. The van der Waals surface area contributed by atoms with Crippen molar-refractivity contribution in [3.63, 3.8) is 0 Å². The van der Waals surface area contributed by atoms with E-state index in [4.69, 9.17) is 4.74 Å². The van der Waals surface area contributed by atoms with Crippen molar-refractivity contribution < 1.29 is 19.0 Å².